The van der Waals surface area contributed by atoms with Gasteiger partial charge >= 0.3 is 0 Å². The first-order valence-electron chi connectivity index (χ1n) is 6.35. The van der Waals surface area contributed by atoms with Gasteiger partial charge in [0.25, 0.3) is 0 Å². The normalized spacial score (nSPS) is 19.1. The van der Waals surface area contributed by atoms with Gasteiger partial charge in [0.15, 0.2) is 0 Å². The van der Waals surface area contributed by atoms with Crippen molar-refractivity contribution in [1.82, 2.24) is 5.32 Å². The van der Waals surface area contributed by atoms with Gasteiger partial charge in [0, 0.05) is 31.4 Å². The summed E-state index contributed by atoms with van der Waals surface area (Å²) in [4.78, 5) is 0. The van der Waals surface area contributed by atoms with E-state index in [2.05, 4.69) is 12.2 Å². The van der Waals surface area contributed by atoms with Gasteiger partial charge in [0.1, 0.15) is 5.75 Å². The van der Waals surface area contributed by atoms with Crippen molar-refractivity contribution in [1.29, 1.82) is 0 Å². The highest BCUT2D eigenvalue weighted by Gasteiger charge is 2.19. The minimum atomic E-state index is 0.374. The maximum atomic E-state index is 9.67. The van der Waals surface area contributed by atoms with Crippen LogP contribution in [-0.2, 0) is 11.3 Å². The fourth-order valence-corrected chi connectivity index (χ4v) is 2.31. The smallest absolute Gasteiger partial charge is 0.120 e. The lowest BCUT2D eigenvalue weighted by atomic mass is 9.93. The first-order valence-corrected chi connectivity index (χ1v) is 6.35. The molecule has 0 spiro atoms. The number of nitrogens with one attached hydrogen (secondary N) is 1. The van der Waals surface area contributed by atoms with Crippen LogP contribution in [0, 0.1) is 5.92 Å². The van der Waals surface area contributed by atoms with E-state index >= 15 is 0 Å². The molecule has 1 aromatic rings. The summed E-state index contributed by atoms with van der Waals surface area (Å²) in [6, 6.07) is 7.96. The molecule has 0 saturated carbocycles. The van der Waals surface area contributed by atoms with E-state index in [1.54, 1.807) is 6.07 Å². The Labute approximate surface area is 103 Å². The summed E-state index contributed by atoms with van der Waals surface area (Å²) in [6.07, 6.45) is 2.27. The number of rotatable bonds is 4. The molecule has 3 heteroatoms. The van der Waals surface area contributed by atoms with Crippen molar-refractivity contribution < 1.29 is 9.84 Å². The molecule has 94 valence electrons. The van der Waals surface area contributed by atoms with Crippen LogP contribution in [0.1, 0.15) is 25.3 Å². The topological polar surface area (TPSA) is 41.5 Å². The zero-order valence-electron chi connectivity index (χ0n) is 10.4. The van der Waals surface area contributed by atoms with Crippen LogP contribution < -0.4 is 5.32 Å². The molecule has 17 heavy (non-hydrogen) atoms. The zero-order valence-corrected chi connectivity index (χ0v) is 10.4. The lowest BCUT2D eigenvalue weighted by Gasteiger charge is -2.28. The number of hydrogen-bond donors (Lipinski definition) is 2. The third kappa shape index (κ3) is 3.45. The Hall–Kier alpha value is -1.06. The molecule has 0 radical (unpaired) electrons. The predicted molar refractivity (Wildman–Crippen MR) is 68.0 cm³/mol. The van der Waals surface area contributed by atoms with E-state index in [9.17, 15) is 5.11 Å². The largest absolute Gasteiger partial charge is 0.508 e. The summed E-state index contributed by atoms with van der Waals surface area (Å²) in [7, 11) is 0. The van der Waals surface area contributed by atoms with Gasteiger partial charge in [-0.3, -0.25) is 0 Å². The SMILES string of the molecule is CC(NCc1ccccc1O)C1CCOCC1. The van der Waals surface area contributed by atoms with Crippen LogP contribution >= 0.6 is 0 Å². The van der Waals surface area contributed by atoms with Gasteiger partial charge in [0.2, 0.25) is 0 Å². The Morgan fingerprint density at radius 3 is 2.76 bits per heavy atom. The number of phenols is 1. The van der Waals surface area contributed by atoms with Gasteiger partial charge in [-0.1, -0.05) is 18.2 Å². The van der Waals surface area contributed by atoms with Crippen molar-refractivity contribution in [2.24, 2.45) is 5.92 Å². The summed E-state index contributed by atoms with van der Waals surface area (Å²) in [5.41, 5.74) is 0.964. The minimum Gasteiger partial charge on any atom is -0.508 e. The monoisotopic (exact) mass is 235 g/mol. The molecule has 1 unspecified atom stereocenters. The Morgan fingerprint density at radius 1 is 1.35 bits per heavy atom. The quantitative estimate of drug-likeness (QED) is 0.841. The molecule has 1 fully saturated rings. The average Bonchev–Trinajstić information content (AvgIpc) is 2.38. The first kappa shape index (κ1) is 12.4. The second-order valence-electron chi connectivity index (χ2n) is 4.75. The summed E-state index contributed by atoms with van der Waals surface area (Å²) in [6.45, 7) is 4.71. The van der Waals surface area contributed by atoms with Crippen LogP contribution in [0.25, 0.3) is 0 Å². The molecular weight excluding hydrogens is 214 g/mol. The Bertz CT molecular complexity index is 348. The third-order valence-corrected chi connectivity index (χ3v) is 3.58. The lowest BCUT2D eigenvalue weighted by molar-refractivity contribution is 0.0557. The summed E-state index contributed by atoms with van der Waals surface area (Å²) >= 11 is 0. The molecule has 0 aliphatic carbocycles. The third-order valence-electron chi connectivity index (χ3n) is 3.58. The van der Waals surface area contributed by atoms with E-state index < -0.39 is 0 Å². The van der Waals surface area contributed by atoms with Crippen LogP contribution in [0.2, 0.25) is 0 Å². The highest BCUT2D eigenvalue weighted by molar-refractivity contribution is 5.31. The van der Waals surface area contributed by atoms with E-state index in [0.29, 0.717) is 17.7 Å². The number of benzene rings is 1. The van der Waals surface area contributed by atoms with Crippen molar-refractivity contribution in [2.45, 2.75) is 32.4 Å². The van der Waals surface area contributed by atoms with Crippen LogP contribution in [0.4, 0.5) is 0 Å². The van der Waals surface area contributed by atoms with Crippen molar-refractivity contribution >= 4 is 0 Å². The fourth-order valence-electron chi connectivity index (χ4n) is 2.31. The summed E-state index contributed by atoms with van der Waals surface area (Å²) in [5, 5.41) is 13.2. The van der Waals surface area contributed by atoms with Gasteiger partial charge in [-0.05, 0) is 31.7 Å². The predicted octanol–water partition coefficient (Wildman–Crippen LogP) is 2.30. The molecule has 1 saturated heterocycles. The lowest BCUT2D eigenvalue weighted by Crippen LogP contribution is -2.36. The van der Waals surface area contributed by atoms with E-state index in [1.807, 2.05) is 18.2 Å². The number of ether oxygens (including phenoxy) is 1. The van der Waals surface area contributed by atoms with Gasteiger partial charge in [-0.2, -0.15) is 0 Å². The molecule has 1 heterocycles. The Balaban J connectivity index is 1.83. The van der Waals surface area contributed by atoms with Crippen molar-refractivity contribution in [3.8, 4) is 5.75 Å². The first-order chi connectivity index (χ1) is 8.27. The molecule has 1 aliphatic heterocycles. The van der Waals surface area contributed by atoms with Gasteiger partial charge in [0.05, 0.1) is 0 Å². The summed E-state index contributed by atoms with van der Waals surface area (Å²) in [5.74, 6) is 1.06. The molecule has 2 rings (SSSR count). The van der Waals surface area contributed by atoms with E-state index in [4.69, 9.17) is 4.74 Å². The molecule has 1 aliphatic rings. The molecule has 1 aromatic carbocycles. The minimum absolute atomic E-state index is 0.374. The highest BCUT2D eigenvalue weighted by Crippen LogP contribution is 2.20. The molecule has 0 aromatic heterocycles. The second kappa shape index (κ2) is 6.03. The van der Waals surface area contributed by atoms with E-state index in [0.717, 1.165) is 38.2 Å². The average molecular weight is 235 g/mol. The van der Waals surface area contributed by atoms with Crippen LogP contribution in [0.3, 0.4) is 0 Å². The van der Waals surface area contributed by atoms with E-state index in [1.165, 1.54) is 0 Å². The Morgan fingerprint density at radius 2 is 2.06 bits per heavy atom. The highest BCUT2D eigenvalue weighted by atomic mass is 16.5. The van der Waals surface area contributed by atoms with Crippen molar-refractivity contribution in [3.05, 3.63) is 29.8 Å². The fraction of sp³-hybridized carbons (Fsp3) is 0.571. The van der Waals surface area contributed by atoms with Gasteiger partial charge in [-0.25, -0.2) is 0 Å². The van der Waals surface area contributed by atoms with Crippen LogP contribution in [0.15, 0.2) is 24.3 Å². The molecule has 3 nitrogen and oxygen atoms in total. The van der Waals surface area contributed by atoms with Crippen LogP contribution in [0.5, 0.6) is 5.75 Å². The van der Waals surface area contributed by atoms with Gasteiger partial charge < -0.3 is 15.2 Å². The number of phenolic OH excluding ortho intramolecular Hbond substituents is 1. The standard InChI is InChI=1S/C14H21NO2/c1-11(12-6-8-17-9-7-12)15-10-13-4-2-3-5-14(13)16/h2-5,11-12,15-16H,6-10H2,1H3. The van der Waals surface area contributed by atoms with Crippen molar-refractivity contribution in [2.75, 3.05) is 13.2 Å². The molecule has 1 atom stereocenters. The molecule has 0 bridgehead atoms. The van der Waals surface area contributed by atoms with Crippen LogP contribution in [-0.4, -0.2) is 24.4 Å². The number of aromatic hydroxyl groups is 1. The molecular formula is C14H21NO2. The zero-order chi connectivity index (χ0) is 12.1. The molecule has 2 N–H and O–H groups in total. The second-order valence-corrected chi connectivity index (χ2v) is 4.75. The maximum absolute atomic E-state index is 9.67. The summed E-state index contributed by atoms with van der Waals surface area (Å²) < 4.78 is 5.36. The Kier molecular flexibility index (Phi) is 4.40. The van der Waals surface area contributed by atoms with Gasteiger partial charge in [-0.15, -0.1) is 0 Å². The van der Waals surface area contributed by atoms with Crippen molar-refractivity contribution in [3.63, 3.8) is 0 Å². The number of para-hydroxylation sites is 1. The van der Waals surface area contributed by atoms with E-state index in [-0.39, 0.29) is 0 Å². The maximum Gasteiger partial charge on any atom is 0.120 e. The number of hydrogen-bond acceptors (Lipinski definition) is 3. The molecule has 0 amide bonds.